The molecule has 4 aromatic heterocycles. The number of anilines is 1. The lowest BCUT2D eigenvalue weighted by molar-refractivity contribution is 0.143. The van der Waals surface area contributed by atoms with Crippen molar-refractivity contribution in [3.05, 3.63) is 47.8 Å². The van der Waals surface area contributed by atoms with E-state index in [2.05, 4.69) is 38.2 Å². The molecule has 0 fully saturated rings. The van der Waals surface area contributed by atoms with Gasteiger partial charge >= 0.3 is 0 Å². The van der Waals surface area contributed by atoms with Crippen molar-refractivity contribution in [1.29, 1.82) is 0 Å². The third-order valence-electron chi connectivity index (χ3n) is 5.84. The Kier molecular flexibility index (Phi) is 6.29. The summed E-state index contributed by atoms with van der Waals surface area (Å²) in [5.41, 5.74) is 15.2. The first-order valence-corrected chi connectivity index (χ1v) is 11.9. The van der Waals surface area contributed by atoms with Crippen LogP contribution in [-0.2, 0) is 13.0 Å². The first-order valence-electron chi connectivity index (χ1n) is 11.9. The van der Waals surface area contributed by atoms with Crippen molar-refractivity contribution in [3.8, 4) is 29.2 Å². The number of rotatable bonds is 7. The van der Waals surface area contributed by atoms with Gasteiger partial charge in [-0.3, -0.25) is 0 Å². The molecule has 1 atom stereocenters. The standard InChI is InChI=1S/C26H28N8O3/c1-4-34-20-12-21(36-14-16(27)11-15-13-29-18-8-6-5-7-17(15)18)30-19(9-10-26(2,3)35)22(20)31-25(34)23-24(28)33-37-32-23/h5-8,12-13,16,29,35H,4,11,14,27H2,1-3H3,(H2,28,33)/t16-/m1/s1. The molecule has 0 unspecified atom stereocenters. The van der Waals surface area contributed by atoms with Crippen molar-refractivity contribution in [1.82, 2.24) is 29.8 Å². The second-order valence-electron chi connectivity index (χ2n) is 9.30. The molecule has 0 saturated heterocycles. The predicted octanol–water partition coefficient (Wildman–Crippen LogP) is 2.64. The molecule has 0 saturated carbocycles. The summed E-state index contributed by atoms with van der Waals surface area (Å²) < 4.78 is 12.7. The van der Waals surface area contributed by atoms with Gasteiger partial charge in [-0.1, -0.05) is 24.1 Å². The van der Waals surface area contributed by atoms with Gasteiger partial charge in [0.2, 0.25) is 5.88 Å². The van der Waals surface area contributed by atoms with Crippen molar-refractivity contribution in [2.24, 2.45) is 5.73 Å². The number of pyridine rings is 1. The molecular formula is C26H28N8O3. The number of aromatic amines is 1. The Morgan fingerprint density at radius 1 is 1.24 bits per heavy atom. The van der Waals surface area contributed by atoms with Crippen LogP contribution >= 0.6 is 0 Å². The van der Waals surface area contributed by atoms with E-state index in [4.69, 9.17) is 25.8 Å². The van der Waals surface area contributed by atoms with E-state index in [1.54, 1.807) is 19.9 Å². The maximum atomic E-state index is 10.2. The number of nitrogens with one attached hydrogen (secondary N) is 1. The molecule has 0 aliphatic carbocycles. The van der Waals surface area contributed by atoms with Crippen molar-refractivity contribution in [3.63, 3.8) is 0 Å². The van der Waals surface area contributed by atoms with E-state index in [0.717, 1.165) is 22.0 Å². The fourth-order valence-electron chi connectivity index (χ4n) is 4.16. The molecular weight excluding hydrogens is 472 g/mol. The molecule has 11 heteroatoms. The van der Waals surface area contributed by atoms with Crippen LogP contribution in [0.1, 0.15) is 32.0 Å². The third-order valence-corrected chi connectivity index (χ3v) is 5.84. The summed E-state index contributed by atoms with van der Waals surface area (Å²) in [5.74, 6) is 6.68. The highest BCUT2D eigenvalue weighted by Gasteiger charge is 2.22. The van der Waals surface area contributed by atoms with Gasteiger partial charge in [0, 0.05) is 35.8 Å². The summed E-state index contributed by atoms with van der Waals surface area (Å²) in [6.45, 7) is 5.95. The molecule has 5 aromatic rings. The minimum absolute atomic E-state index is 0.127. The summed E-state index contributed by atoms with van der Waals surface area (Å²) >= 11 is 0. The van der Waals surface area contributed by atoms with Crippen LogP contribution in [0.4, 0.5) is 5.82 Å². The van der Waals surface area contributed by atoms with Crippen LogP contribution in [0.2, 0.25) is 0 Å². The lowest BCUT2D eigenvalue weighted by atomic mass is 10.1. The number of benzene rings is 1. The molecule has 37 heavy (non-hydrogen) atoms. The molecule has 0 bridgehead atoms. The van der Waals surface area contributed by atoms with E-state index >= 15 is 0 Å². The van der Waals surface area contributed by atoms with Crippen LogP contribution in [-0.4, -0.2) is 53.2 Å². The number of nitrogen functional groups attached to an aromatic ring is 1. The molecule has 0 spiro atoms. The number of para-hydroxylation sites is 1. The van der Waals surface area contributed by atoms with Crippen LogP contribution in [0.25, 0.3) is 33.5 Å². The number of imidazole rings is 1. The number of H-pyrrole nitrogens is 1. The lowest BCUT2D eigenvalue weighted by Crippen LogP contribution is -2.30. The number of aromatic nitrogens is 6. The Morgan fingerprint density at radius 2 is 2.05 bits per heavy atom. The summed E-state index contributed by atoms with van der Waals surface area (Å²) in [6, 6.07) is 9.61. The molecule has 190 valence electrons. The number of ether oxygens (including phenoxy) is 1. The molecule has 11 nitrogen and oxygen atoms in total. The number of fused-ring (bicyclic) bond motifs is 2. The van der Waals surface area contributed by atoms with E-state index in [0.29, 0.717) is 41.6 Å². The molecule has 5 rings (SSSR count). The van der Waals surface area contributed by atoms with Crippen molar-refractivity contribution in [2.45, 2.75) is 45.4 Å². The Hall–Kier alpha value is -4.40. The van der Waals surface area contributed by atoms with Crippen LogP contribution in [0.5, 0.6) is 5.88 Å². The minimum Gasteiger partial charge on any atom is -0.476 e. The molecule has 0 aliphatic rings. The van der Waals surface area contributed by atoms with Gasteiger partial charge in [-0.15, -0.1) is 0 Å². The number of hydrogen-bond donors (Lipinski definition) is 4. The second kappa shape index (κ2) is 9.57. The van der Waals surface area contributed by atoms with Crippen LogP contribution < -0.4 is 16.2 Å². The lowest BCUT2D eigenvalue weighted by Gasteiger charge is -2.13. The summed E-state index contributed by atoms with van der Waals surface area (Å²) in [5, 5.41) is 18.9. The zero-order valence-electron chi connectivity index (χ0n) is 20.8. The fraction of sp³-hybridized carbons (Fsp3) is 0.308. The zero-order chi connectivity index (χ0) is 26.2. The largest absolute Gasteiger partial charge is 0.476 e. The van der Waals surface area contributed by atoms with Gasteiger partial charge in [0.05, 0.1) is 5.52 Å². The number of aryl methyl sites for hydroxylation is 1. The molecule has 0 radical (unpaired) electrons. The Bertz CT molecular complexity index is 1630. The zero-order valence-corrected chi connectivity index (χ0v) is 20.8. The van der Waals surface area contributed by atoms with Crippen molar-refractivity contribution >= 4 is 27.8 Å². The van der Waals surface area contributed by atoms with Gasteiger partial charge in [-0.25, -0.2) is 14.6 Å². The summed E-state index contributed by atoms with van der Waals surface area (Å²) in [4.78, 5) is 12.5. The normalized spacial score (nSPS) is 12.6. The average Bonchev–Trinajstić information content (AvgIpc) is 3.57. The number of aliphatic hydroxyl groups is 1. The topological polar surface area (TPSA) is 167 Å². The minimum atomic E-state index is -1.22. The van der Waals surface area contributed by atoms with Crippen molar-refractivity contribution in [2.75, 3.05) is 12.3 Å². The third kappa shape index (κ3) is 4.97. The number of nitrogens with zero attached hydrogens (tertiary/aromatic N) is 5. The van der Waals surface area contributed by atoms with Crippen molar-refractivity contribution < 1.29 is 14.5 Å². The van der Waals surface area contributed by atoms with Crippen LogP contribution in [0.3, 0.4) is 0 Å². The maximum absolute atomic E-state index is 10.2. The number of hydrogen-bond acceptors (Lipinski definition) is 9. The Labute approximate surface area is 212 Å². The quantitative estimate of drug-likeness (QED) is 0.246. The molecule has 6 N–H and O–H groups in total. The van der Waals surface area contributed by atoms with Crippen LogP contribution in [0, 0.1) is 11.8 Å². The van der Waals surface area contributed by atoms with Crippen LogP contribution in [0.15, 0.2) is 41.2 Å². The molecule has 4 heterocycles. The first-order chi connectivity index (χ1) is 17.7. The smallest absolute Gasteiger partial charge is 0.216 e. The molecule has 1 aromatic carbocycles. The maximum Gasteiger partial charge on any atom is 0.216 e. The van der Waals surface area contributed by atoms with E-state index < -0.39 is 5.60 Å². The van der Waals surface area contributed by atoms with E-state index in [1.807, 2.05) is 35.9 Å². The highest BCUT2D eigenvalue weighted by atomic mass is 16.6. The molecule has 0 amide bonds. The summed E-state index contributed by atoms with van der Waals surface area (Å²) in [7, 11) is 0. The van der Waals surface area contributed by atoms with Gasteiger partial charge < -0.3 is 30.9 Å². The van der Waals surface area contributed by atoms with Gasteiger partial charge in [0.15, 0.2) is 17.3 Å². The molecule has 0 aliphatic heterocycles. The monoisotopic (exact) mass is 500 g/mol. The predicted molar refractivity (Wildman–Crippen MR) is 140 cm³/mol. The Morgan fingerprint density at radius 3 is 2.78 bits per heavy atom. The Balaban J connectivity index is 1.48. The average molecular weight is 501 g/mol. The van der Waals surface area contributed by atoms with Gasteiger partial charge in [-0.05, 0) is 55.1 Å². The summed E-state index contributed by atoms with van der Waals surface area (Å²) in [6.07, 6.45) is 2.61. The van der Waals surface area contributed by atoms with E-state index in [-0.39, 0.29) is 18.5 Å². The highest BCUT2D eigenvalue weighted by molar-refractivity contribution is 5.86. The highest BCUT2D eigenvalue weighted by Crippen LogP contribution is 2.30. The number of nitrogens with two attached hydrogens (primary N) is 2. The first kappa shape index (κ1) is 24.3. The fourth-order valence-corrected chi connectivity index (χ4v) is 4.16. The van der Waals surface area contributed by atoms with Gasteiger partial charge in [0.1, 0.15) is 23.4 Å². The van der Waals surface area contributed by atoms with E-state index in [1.165, 1.54) is 0 Å². The van der Waals surface area contributed by atoms with E-state index in [9.17, 15) is 5.11 Å². The SMILES string of the molecule is CCn1c(-c2nonc2N)nc2c(C#CC(C)(C)O)nc(OC[C@H](N)Cc3c[nH]c4ccccc34)cc21. The van der Waals surface area contributed by atoms with Gasteiger partial charge in [-0.2, -0.15) is 0 Å². The second-order valence-corrected chi connectivity index (χ2v) is 9.30. The van der Waals surface area contributed by atoms with Gasteiger partial charge in [0.25, 0.3) is 0 Å².